The Labute approximate surface area is 206 Å². The maximum Gasteiger partial charge on any atom is 0.163 e. The number of likely N-dealkylation sites (N-methyl/N-ethyl adjacent to an activating group) is 1. The molecule has 2 heterocycles. The van der Waals surface area contributed by atoms with Crippen molar-refractivity contribution in [2.45, 2.75) is 29.7 Å². The number of hydrogen-bond donors (Lipinski definition) is 2. The summed E-state index contributed by atoms with van der Waals surface area (Å²) in [5, 5.41) is 9.60. The molecular formula is C26H35N5O2S. The van der Waals surface area contributed by atoms with Crippen molar-refractivity contribution in [3.8, 4) is 11.5 Å². The van der Waals surface area contributed by atoms with Crippen molar-refractivity contribution in [2.75, 3.05) is 53.5 Å². The molecule has 3 N–H and O–H groups in total. The van der Waals surface area contributed by atoms with Gasteiger partial charge < -0.3 is 25.0 Å². The minimum absolute atomic E-state index is 0.656. The van der Waals surface area contributed by atoms with Crippen LogP contribution in [0.2, 0.25) is 0 Å². The molecule has 2 aromatic carbocycles. The van der Waals surface area contributed by atoms with Crippen LogP contribution in [0.3, 0.4) is 0 Å². The monoisotopic (exact) mass is 481 g/mol. The first-order valence-corrected chi connectivity index (χ1v) is 12.7. The normalized spacial score (nSPS) is 15.7. The SMILES string of the molecule is CC/C=C(\N)c1cccc(Sc2n[nH]c3cc(OCCCN4CCN(C)CC4)c(OC)cc23)c1. The van der Waals surface area contributed by atoms with Crippen LogP contribution in [0, 0.1) is 0 Å². The maximum absolute atomic E-state index is 6.19. The Balaban J connectivity index is 1.42. The highest BCUT2D eigenvalue weighted by Crippen LogP contribution is 2.38. The Kier molecular flexibility index (Phi) is 8.37. The minimum Gasteiger partial charge on any atom is -0.493 e. The van der Waals surface area contributed by atoms with E-state index in [9.17, 15) is 0 Å². The van der Waals surface area contributed by atoms with Crippen molar-refractivity contribution in [3.05, 3.63) is 48.0 Å². The second-order valence-electron chi connectivity index (χ2n) is 8.62. The molecule has 0 spiro atoms. The van der Waals surface area contributed by atoms with Gasteiger partial charge in [0.25, 0.3) is 0 Å². The fourth-order valence-corrected chi connectivity index (χ4v) is 5.01. The first-order chi connectivity index (χ1) is 16.6. The lowest BCUT2D eigenvalue weighted by atomic mass is 10.1. The van der Waals surface area contributed by atoms with Crippen LogP contribution in [0.1, 0.15) is 25.3 Å². The first kappa shape index (κ1) is 24.4. The molecule has 0 bridgehead atoms. The number of aromatic amines is 1. The molecule has 182 valence electrons. The number of nitrogens with zero attached hydrogens (tertiary/aromatic N) is 3. The summed E-state index contributed by atoms with van der Waals surface area (Å²) in [6.45, 7) is 8.33. The van der Waals surface area contributed by atoms with Crippen LogP contribution in [-0.2, 0) is 0 Å². The number of fused-ring (bicyclic) bond motifs is 1. The van der Waals surface area contributed by atoms with Crippen LogP contribution in [0.4, 0.5) is 0 Å². The standard InChI is InChI=1S/C26H35N5O2S/c1-4-7-22(27)19-8-5-9-20(16-19)34-26-21-17-24(32-3)25(18-23(21)28-29-26)33-15-6-10-31-13-11-30(2)12-14-31/h5,7-9,16-18H,4,6,10-15,27H2,1-3H3,(H,28,29)/b22-7-. The largest absolute Gasteiger partial charge is 0.493 e. The molecule has 0 amide bonds. The highest BCUT2D eigenvalue weighted by molar-refractivity contribution is 7.99. The minimum atomic E-state index is 0.656. The van der Waals surface area contributed by atoms with Gasteiger partial charge >= 0.3 is 0 Å². The van der Waals surface area contributed by atoms with Crippen LogP contribution in [0.15, 0.2) is 52.4 Å². The molecule has 4 rings (SSSR count). The summed E-state index contributed by atoms with van der Waals surface area (Å²) < 4.78 is 11.8. The molecule has 0 atom stereocenters. The highest BCUT2D eigenvalue weighted by Gasteiger charge is 2.15. The Hall–Kier alpha value is -2.68. The average molecular weight is 482 g/mol. The summed E-state index contributed by atoms with van der Waals surface area (Å²) in [5.41, 5.74) is 8.94. The fraction of sp³-hybridized carbons (Fsp3) is 0.423. The Morgan fingerprint density at radius 2 is 2.00 bits per heavy atom. The number of H-pyrrole nitrogens is 1. The van der Waals surface area contributed by atoms with Crippen molar-refractivity contribution in [1.82, 2.24) is 20.0 Å². The molecule has 1 aliphatic heterocycles. The summed E-state index contributed by atoms with van der Waals surface area (Å²) >= 11 is 1.61. The van der Waals surface area contributed by atoms with E-state index in [1.165, 1.54) is 0 Å². The van der Waals surface area contributed by atoms with Crippen LogP contribution in [0.5, 0.6) is 11.5 Å². The molecule has 0 aliphatic carbocycles. The maximum atomic E-state index is 6.19. The third kappa shape index (κ3) is 6.05. The summed E-state index contributed by atoms with van der Waals surface area (Å²) in [5.74, 6) is 1.47. The lowest BCUT2D eigenvalue weighted by Crippen LogP contribution is -2.44. The first-order valence-electron chi connectivity index (χ1n) is 11.9. The molecular weight excluding hydrogens is 446 g/mol. The molecule has 7 nitrogen and oxygen atoms in total. The van der Waals surface area contributed by atoms with Gasteiger partial charge in [-0.05, 0) is 43.7 Å². The lowest BCUT2D eigenvalue weighted by Gasteiger charge is -2.32. The van der Waals surface area contributed by atoms with Gasteiger partial charge in [0.15, 0.2) is 11.5 Å². The van der Waals surface area contributed by atoms with E-state index in [1.807, 2.05) is 30.3 Å². The molecule has 0 radical (unpaired) electrons. The molecule has 1 aromatic heterocycles. The van der Waals surface area contributed by atoms with Gasteiger partial charge in [-0.1, -0.05) is 36.9 Å². The van der Waals surface area contributed by atoms with Gasteiger partial charge in [0.05, 0.1) is 19.2 Å². The average Bonchev–Trinajstić information content (AvgIpc) is 3.24. The number of rotatable bonds is 10. The molecule has 8 heteroatoms. The smallest absolute Gasteiger partial charge is 0.163 e. The fourth-order valence-electron chi connectivity index (χ4n) is 4.08. The van der Waals surface area contributed by atoms with Crippen LogP contribution in [0.25, 0.3) is 16.6 Å². The topological polar surface area (TPSA) is 79.6 Å². The molecule has 1 saturated heterocycles. The van der Waals surface area contributed by atoms with Gasteiger partial charge in [-0.3, -0.25) is 5.10 Å². The van der Waals surface area contributed by atoms with Gasteiger partial charge in [0.1, 0.15) is 5.03 Å². The zero-order valence-corrected chi connectivity index (χ0v) is 21.2. The van der Waals surface area contributed by atoms with Gasteiger partial charge in [0, 0.05) is 54.8 Å². The number of aromatic nitrogens is 2. The number of nitrogens with one attached hydrogen (secondary N) is 1. The summed E-state index contributed by atoms with van der Waals surface area (Å²) in [7, 11) is 3.86. The third-order valence-electron chi connectivity index (χ3n) is 6.09. The van der Waals surface area contributed by atoms with Gasteiger partial charge in [-0.25, -0.2) is 0 Å². The van der Waals surface area contributed by atoms with Crippen LogP contribution >= 0.6 is 11.8 Å². The Morgan fingerprint density at radius 3 is 2.76 bits per heavy atom. The molecule has 0 saturated carbocycles. The van der Waals surface area contributed by atoms with Crippen LogP contribution < -0.4 is 15.2 Å². The van der Waals surface area contributed by atoms with Crippen molar-refractivity contribution < 1.29 is 9.47 Å². The predicted octanol–water partition coefficient (Wildman–Crippen LogP) is 4.45. The molecule has 34 heavy (non-hydrogen) atoms. The zero-order valence-electron chi connectivity index (χ0n) is 20.3. The zero-order chi connectivity index (χ0) is 23.9. The number of methoxy groups -OCH3 is 1. The third-order valence-corrected chi connectivity index (χ3v) is 7.08. The number of ether oxygens (including phenoxy) is 2. The summed E-state index contributed by atoms with van der Waals surface area (Å²) in [4.78, 5) is 5.96. The highest BCUT2D eigenvalue weighted by atomic mass is 32.2. The van der Waals surface area contributed by atoms with E-state index in [1.54, 1.807) is 18.9 Å². The second-order valence-corrected chi connectivity index (χ2v) is 9.68. The van der Waals surface area contributed by atoms with E-state index in [4.69, 9.17) is 15.2 Å². The van der Waals surface area contributed by atoms with E-state index in [2.05, 4.69) is 46.1 Å². The summed E-state index contributed by atoms with van der Waals surface area (Å²) in [6, 6.07) is 12.2. The van der Waals surface area contributed by atoms with Crippen molar-refractivity contribution in [1.29, 1.82) is 0 Å². The van der Waals surface area contributed by atoms with Crippen LogP contribution in [-0.4, -0.2) is 73.5 Å². The van der Waals surface area contributed by atoms with E-state index in [0.29, 0.717) is 6.61 Å². The van der Waals surface area contributed by atoms with E-state index in [-0.39, 0.29) is 0 Å². The molecule has 1 aliphatic rings. The van der Waals surface area contributed by atoms with Crippen molar-refractivity contribution in [2.24, 2.45) is 5.73 Å². The quantitative estimate of drug-likeness (QED) is 0.414. The van der Waals surface area contributed by atoms with Gasteiger partial charge in [0.2, 0.25) is 0 Å². The van der Waals surface area contributed by atoms with E-state index >= 15 is 0 Å². The lowest BCUT2D eigenvalue weighted by molar-refractivity contribution is 0.145. The molecule has 0 unspecified atom stereocenters. The predicted molar refractivity (Wildman–Crippen MR) is 140 cm³/mol. The summed E-state index contributed by atoms with van der Waals surface area (Å²) in [6.07, 6.45) is 3.93. The Bertz CT molecular complexity index is 1120. The van der Waals surface area contributed by atoms with Crippen molar-refractivity contribution in [3.63, 3.8) is 0 Å². The van der Waals surface area contributed by atoms with Gasteiger partial charge in [-0.15, -0.1) is 0 Å². The number of allylic oxidation sites excluding steroid dienone is 1. The van der Waals surface area contributed by atoms with Crippen molar-refractivity contribution >= 4 is 28.4 Å². The van der Waals surface area contributed by atoms with E-state index < -0.39 is 0 Å². The Morgan fingerprint density at radius 1 is 1.18 bits per heavy atom. The molecule has 3 aromatic rings. The number of nitrogens with two attached hydrogens (primary N) is 1. The number of benzene rings is 2. The van der Waals surface area contributed by atoms with Gasteiger partial charge in [-0.2, -0.15) is 5.10 Å². The number of hydrogen-bond acceptors (Lipinski definition) is 7. The molecule has 1 fully saturated rings. The second kappa shape index (κ2) is 11.6. The number of piperazine rings is 1. The van der Waals surface area contributed by atoms with E-state index in [0.717, 1.165) is 89.1 Å².